The highest BCUT2D eigenvalue weighted by Crippen LogP contribution is 2.37. The summed E-state index contributed by atoms with van der Waals surface area (Å²) in [5.74, 6) is 0.100. The number of nitrogens with zero attached hydrogens (tertiary/aromatic N) is 2. The second-order valence-electron chi connectivity index (χ2n) is 5.89. The second kappa shape index (κ2) is 9.10. The van der Waals surface area contributed by atoms with Crippen LogP contribution in [0.5, 0.6) is 11.5 Å². The standard InChI is InChI=1S/C20H14BrClN2O6/c1-3-6-29-18-14(21)7-11(9-17(18)28-2)8-16-20(25)30-19(23-16)13-10-12(24(26)27)4-5-15(13)22/h3-5,7-10H,1,6H2,2H3. The van der Waals surface area contributed by atoms with Gasteiger partial charge in [0.05, 0.1) is 27.1 Å². The Morgan fingerprint density at radius 3 is 2.80 bits per heavy atom. The number of esters is 1. The van der Waals surface area contributed by atoms with Crippen LogP contribution in [0.25, 0.3) is 6.08 Å². The van der Waals surface area contributed by atoms with E-state index < -0.39 is 10.9 Å². The number of nitro groups is 1. The average molecular weight is 494 g/mol. The van der Waals surface area contributed by atoms with Gasteiger partial charge in [0.1, 0.15) is 6.61 Å². The molecule has 0 spiro atoms. The van der Waals surface area contributed by atoms with Crippen LogP contribution in [0.1, 0.15) is 11.1 Å². The summed E-state index contributed by atoms with van der Waals surface area (Å²) in [6.07, 6.45) is 3.09. The van der Waals surface area contributed by atoms with Crippen LogP contribution in [-0.4, -0.2) is 30.5 Å². The van der Waals surface area contributed by atoms with Crippen LogP contribution in [0.15, 0.2) is 58.1 Å². The molecule has 0 aromatic heterocycles. The Morgan fingerprint density at radius 1 is 1.37 bits per heavy atom. The van der Waals surface area contributed by atoms with Crippen molar-refractivity contribution >= 4 is 51.2 Å². The first-order chi connectivity index (χ1) is 14.3. The number of methoxy groups -OCH3 is 1. The van der Waals surface area contributed by atoms with Gasteiger partial charge in [0, 0.05) is 12.1 Å². The molecule has 30 heavy (non-hydrogen) atoms. The molecular weight excluding hydrogens is 480 g/mol. The third-order valence-electron chi connectivity index (χ3n) is 3.91. The van der Waals surface area contributed by atoms with Crippen molar-refractivity contribution in [1.82, 2.24) is 0 Å². The van der Waals surface area contributed by atoms with Crippen molar-refractivity contribution in [3.63, 3.8) is 0 Å². The number of carbonyl (C=O) groups is 1. The lowest BCUT2D eigenvalue weighted by Gasteiger charge is -2.12. The summed E-state index contributed by atoms with van der Waals surface area (Å²) in [7, 11) is 1.49. The highest BCUT2D eigenvalue weighted by atomic mass is 79.9. The van der Waals surface area contributed by atoms with Crippen LogP contribution in [0.3, 0.4) is 0 Å². The van der Waals surface area contributed by atoms with Gasteiger partial charge in [0.2, 0.25) is 5.90 Å². The molecule has 8 nitrogen and oxygen atoms in total. The Kier molecular flexibility index (Phi) is 6.53. The molecule has 0 N–H and O–H groups in total. The van der Waals surface area contributed by atoms with Gasteiger partial charge in [-0.1, -0.05) is 24.3 Å². The normalized spacial score (nSPS) is 14.3. The smallest absolute Gasteiger partial charge is 0.363 e. The zero-order valence-electron chi connectivity index (χ0n) is 15.6. The monoisotopic (exact) mass is 492 g/mol. The third kappa shape index (κ3) is 4.52. The van der Waals surface area contributed by atoms with Crippen LogP contribution in [0.2, 0.25) is 5.02 Å². The van der Waals surface area contributed by atoms with Crippen molar-refractivity contribution in [2.24, 2.45) is 4.99 Å². The van der Waals surface area contributed by atoms with E-state index in [1.807, 2.05) is 0 Å². The van der Waals surface area contributed by atoms with E-state index in [-0.39, 0.29) is 27.9 Å². The van der Waals surface area contributed by atoms with Crippen molar-refractivity contribution < 1.29 is 23.9 Å². The van der Waals surface area contributed by atoms with Crippen LogP contribution < -0.4 is 9.47 Å². The molecule has 1 heterocycles. The molecule has 0 unspecified atom stereocenters. The van der Waals surface area contributed by atoms with E-state index in [1.165, 1.54) is 31.4 Å². The van der Waals surface area contributed by atoms with E-state index in [2.05, 4.69) is 27.5 Å². The maximum atomic E-state index is 12.3. The summed E-state index contributed by atoms with van der Waals surface area (Å²) in [6, 6.07) is 7.17. The maximum Gasteiger partial charge on any atom is 0.363 e. The lowest BCUT2D eigenvalue weighted by molar-refractivity contribution is -0.384. The fourth-order valence-electron chi connectivity index (χ4n) is 2.58. The van der Waals surface area contributed by atoms with Gasteiger partial charge >= 0.3 is 5.97 Å². The lowest BCUT2D eigenvalue weighted by atomic mass is 10.1. The summed E-state index contributed by atoms with van der Waals surface area (Å²) in [5, 5.41) is 11.2. The van der Waals surface area contributed by atoms with Crippen LogP contribution in [-0.2, 0) is 9.53 Å². The van der Waals surface area contributed by atoms with Crippen LogP contribution in [0.4, 0.5) is 5.69 Å². The molecular formula is C20H14BrClN2O6. The molecule has 0 saturated carbocycles. The Hall–Kier alpha value is -3.17. The number of aliphatic imine (C=N–C) groups is 1. The van der Waals surface area contributed by atoms with Crippen molar-refractivity contribution in [3.8, 4) is 11.5 Å². The van der Waals surface area contributed by atoms with Crippen molar-refractivity contribution in [2.45, 2.75) is 0 Å². The van der Waals surface area contributed by atoms with Crippen molar-refractivity contribution in [3.05, 3.63) is 79.4 Å². The molecule has 2 aromatic carbocycles. The summed E-state index contributed by atoms with van der Waals surface area (Å²) >= 11 is 9.51. The van der Waals surface area contributed by atoms with E-state index >= 15 is 0 Å². The van der Waals surface area contributed by atoms with Crippen LogP contribution in [0, 0.1) is 10.1 Å². The summed E-state index contributed by atoms with van der Waals surface area (Å²) in [4.78, 5) is 26.9. The quantitative estimate of drug-likeness (QED) is 0.178. The molecule has 154 valence electrons. The molecule has 2 aromatic rings. The molecule has 1 aliphatic rings. The van der Waals surface area contributed by atoms with E-state index in [1.54, 1.807) is 18.2 Å². The number of halogens is 2. The first-order valence-electron chi connectivity index (χ1n) is 8.42. The van der Waals surface area contributed by atoms with Gasteiger partial charge in [-0.2, -0.15) is 0 Å². The van der Waals surface area contributed by atoms with Gasteiger partial charge in [-0.05, 0) is 45.8 Å². The first kappa shape index (κ1) is 21.5. The Labute approximate surface area is 184 Å². The summed E-state index contributed by atoms with van der Waals surface area (Å²) in [5.41, 5.74) is 0.539. The van der Waals surface area contributed by atoms with Crippen molar-refractivity contribution in [1.29, 1.82) is 0 Å². The molecule has 0 radical (unpaired) electrons. The topological polar surface area (TPSA) is 100 Å². The third-order valence-corrected chi connectivity index (χ3v) is 4.83. The summed E-state index contributed by atoms with van der Waals surface area (Å²) < 4.78 is 16.7. The number of hydrogen-bond donors (Lipinski definition) is 0. The predicted octanol–water partition coefficient (Wildman–Crippen LogP) is 4.93. The zero-order valence-corrected chi connectivity index (χ0v) is 17.9. The number of benzene rings is 2. The zero-order chi connectivity index (χ0) is 21.8. The number of non-ortho nitro benzene ring substituents is 1. The van der Waals surface area contributed by atoms with Gasteiger partial charge in [0.25, 0.3) is 5.69 Å². The Bertz CT molecular complexity index is 1110. The van der Waals surface area contributed by atoms with Gasteiger partial charge in [-0.15, -0.1) is 0 Å². The highest BCUT2D eigenvalue weighted by Gasteiger charge is 2.27. The molecule has 0 amide bonds. The van der Waals surface area contributed by atoms with E-state index in [0.717, 1.165) is 0 Å². The molecule has 1 aliphatic heterocycles. The fourth-order valence-corrected chi connectivity index (χ4v) is 3.35. The molecule has 3 rings (SSSR count). The summed E-state index contributed by atoms with van der Waals surface area (Å²) in [6.45, 7) is 3.90. The minimum absolute atomic E-state index is 0.00119. The van der Waals surface area contributed by atoms with Gasteiger partial charge in [-0.25, -0.2) is 9.79 Å². The number of cyclic esters (lactones) is 1. The van der Waals surface area contributed by atoms with Crippen LogP contribution >= 0.6 is 27.5 Å². The molecule has 0 fully saturated rings. The van der Waals surface area contributed by atoms with Gasteiger partial charge < -0.3 is 14.2 Å². The van der Waals surface area contributed by atoms with E-state index in [0.29, 0.717) is 28.1 Å². The molecule has 0 saturated heterocycles. The fraction of sp³-hybridized carbons (Fsp3) is 0.100. The molecule has 0 aliphatic carbocycles. The Balaban J connectivity index is 1.99. The van der Waals surface area contributed by atoms with Crippen molar-refractivity contribution in [2.75, 3.05) is 13.7 Å². The minimum atomic E-state index is -0.713. The number of ether oxygens (including phenoxy) is 3. The van der Waals surface area contributed by atoms with E-state index in [4.69, 9.17) is 25.8 Å². The van der Waals surface area contributed by atoms with E-state index in [9.17, 15) is 14.9 Å². The number of nitro benzene ring substituents is 1. The lowest BCUT2D eigenvalue weighted by Crippen LogP contribution is -2.06. The molecule has 10 heteroatoms. The number of carbonyl (C=O) groups excluding carboxylic acids is 1. The first-order valence-corrected chi connectivity index (χ1v) is 9.59. The SMILES string of the molecule is C=CCOc1c(Br)cc(C=C2N=C(c3cc([N+](=O)[O-])ccc3Cl)OC2=O)cc1OC. The second-order valence-corrected chi connectivity index (χ2v) is 7.15. The maximum absolute atomic E-state index is 12.3. The largest absolute Gasteiger partial charge is 0.493 e. The predicted molar refractivity (Wildman–Crippen MR) is 115 cm³/mol. The number of hydrogen-bond acceptors (Lipinski definition) is 7. The molecule has 0 atom stereocenters. The highest BCUT2D eigenvalue weighted by molar-refractivity contribution is 9.10. The molecule has 0 bridgehead atoms. The average Bonchev–Trinajstić information content (AvgIpc) is 3.07. The van der Waals surface area contributed by atoms with Gasteiger partial charge in [-0.3, -0.25) is 10.1 Å². The minimum Gasteiger partial charge on any atom is -0.493 e. The van der Waals surface area contributed by atoms with Gasteiger partial charge in [0.15, 0.2) is 17.2 Å². The number of rotatable bonds is 7. The Morgan fingerprint density at radius 2 is 2.13 bits per heavy atom.